The van der Waals surface area contributed by atoms with E-state index in [-0.39, 0.29) is 17.3 Å². The second kappa shape index (κ2) is 7.72. The van der Waals surface area contributed by atoms with Gasteiger partial charge in [0.15, 0.2) is 0 Å². The van der Waals surface area contributed by atoms with Crippen molar-refractivity contribution < 1.29 is 9.53 Å². The van der Waals surface area contributed by atoms with E-state index in [1.807, 2.05) is 37.3 Å². The first-order valence-corrected chi connectivity index (χ1v) is 9.32. The Balaban J connectivity index is 1.76. The summed E-state index contributed by atoms with van der Waals surface area (Å²) in [5.74, 6) is -1.18. The number of hydrogen-bond donors (Lipinski definition) is 3. The molecule has 0 saturated heterocycles. The van der Waals surface area contributed by atoms with Crippen LogP contribution in [0.2, 0.25) is 0 Å². The van der Waals surface area contributed by atoms with Crippen molar-refractivity contribution in [1.82, 2.24) is 9.97 Å². The highest BCUT2D eigenvalue weighted by atomic mass is 16.5. The summed E-state index contributed by atoms with van der Waals surface area (Å²) in [7, 11) is 1.58. The number of anilines is 3. The number of benzene rings is 2. The zero-order valence-corrected chi connectivity index (χ0v) is 16.4. The van der Waals surface area contributed by atoms with Crippen LogP contribution in [-0.2, 0) is 4.79 Å². The number of rotatable bonds is 4. The fraction of sp³-hybridized carbons (Fsp3) is 0.182. The van der Waals surface area contributed by atoms with Crippen LogP contribution in [0.3, 0.4) is 0 Å². The molecule has 8 heteroatoms. The number of H-pyrrole nitrogens is 1. The smallest absolute Gasteiger partial charge is 0.258 e. The molecule has 0 radical (unpaired) electrons. The largest absolute Gasteiger partial charge is 0.497 e. The molecule has 3 N–H and O–H groups in total. The Hall–Kier alpha value is -4.12. The van der Waals surface area contributed by atoms with Gasteiger partial charge in [-0.1, -0.05) is 29.8 Å². The summed E-state index contributed by atoms with van der Waals surface area (Å²) >= 11 is 0. The van der Waals surface area contributed by atoms with E-state index in [1.54, 1.807) is 31.4 Å². The van der Waals surface area contributed by atoms with Crippen molar-refractivity contribution in [3.63, 3.8) is 0 Å². The first kappa shape index (κ1) is 19.2. The second-order valence-corrected chi connectivity index (χ2v) is 7.01. The molecule has 4 rings (SSSR count). The summed E-state index contributed by atoms with van der Waals surface area (Å²) in [6.45, 7) is 1.94. The Kier molecular flexibility index (Phi) is 4.94. The Morgan fingerprint density at radius 3 is 2.43 bits per heavy atom. The first-order chi connectivity index (χ1) is 14.5. The van der Waals surface area contributed by atoms with Crippen LogP contribution in [0.15, 0.2) is 53.3 Å². The minimum atomic E-state index is -1.02. The van der Waals surface area contributed by atoms with Gasteiger partial charge in [-0.3, -0.25) is 14.6 Å². The number of nitrogens with one attached hydrogen (secondary N) is 3. The molecule has 0 saturated carbocycles. The molecular weight excluding hydrogens is 382 g/mol. The maximum atomic E-state index is 13.0. The average Bonchev–Trinajstić information content (AvgIpc) is 2.74. The number of methoxy groups -OCH3 is 1. The normalized spacial score (nSPS) is 17.4. The third-order valence-electron chi connectivity index (χ3n) is 5.05. The van der Waals surface area contributed by atoms with Crippen LogP contribution in [0.1, 0.15) is 22.6 Å². The summed E-state index contributed by atoms with van der Waals surface area (Å²) in [4.78, 5) is 32.6. The van der Waals surface area contributed by atoms with E-state index >= 15 is 0 Å². The molecule has 1 aliphatic rings. The number of carbonyl (C=O) groups is 1. The molecule has 2 aromatic carbocycles. The van der Waals surface area contributed by atoms with Crippen molar-refractivity contribution in [2.45, 2.75) is 12.8 Å². The quantitative estimate of drug-likeness (QED) is 0.618. The molecule has 30 heavy (non-hydrogen) atoms. The zero-order valence-electron chi connectivity index (χ0n) is 16.4. The third-order valence-corrected chi connectivity index (χ3v) is 5.05. The lowest BCUT2D eigenvalue weighted by atomic mass is 9.79. The Labute approximate surface area is 172 Å². The summed E-state index contributed by atoms with van der Waals surface area (Å²) in [6.07, 6.45) is 0. The highest BCUT2D eigenvalue weighted by molar-refractivity contribution is 5.98. The van der Waals surface area contributed by atoms with Crippen LogP contribution >= 0.6 is 0 Å². The molecule has 2 atom stereocenters. The van der Waals surface area contributed by atoms with Crippen LogP contribution in [0.25, 0.3) is 0 Å². The van der Waals surface area contributed by atoms with Crippen molar-refractivity contribution in [3.8, 4) is 11.8 Å². The van der Waals surface area contributed by atoms with Gasteiger partial charge >= 0.3 is 0 Å². The molecular formula is C22H19N5O3. The number of nitrogens with zero attached hydrogens (tertiary/aromatic N) is 2. The van der Waals surface area contributed by atoms with E-state index in [4.69, 9.17) is 4.74 Å². The summed E-state index contributed by atoms with van der Waals surface area (Å²) in [5, 5.41) is 15.2. The Bertz CT molecular complexity index is 1190. The van der Waals surface area contributed by atoms with Gasteiger partial charge in [0.05, 0.1) is 18.7 Å². The molecule has 1 aliphatic heterocycles. The van der Waals surface area contributed by atoms with Crippen LogP contribution in [0.5, 0.6) is 5.75 Å². The molecule has 0 fully saturated rings. The van der Waals surface area contributed by atoms with Gasteiger partial charge in [-0.2, -0.15) is 10.2 Å². The molecule has 1 aromatic heterocycles. The summed E-state index contributed by atoms with van der Waals surface area (Å²) < 4.78 is 5.13. The van der Waals surface area contributed by atoms with E-state index in [0.29, 0.717) is 17.0 Å². The fourth-order valence-electron chi connectivity index (χ4n) is 3.52. The van der Waals surface area contributed by atoms with Crippen molar-refractivity contribution >= 4 is 23.4 Å². The third kappa shape index (κ3) is 3.49. The number of fused-ring (bicyclic) bond motifs is 1. The van der Waals surface area contributed by atoms with Gasteiger partial charge in [0.2, 0.25) is 11.9 Å². The standard InChI is InChI=1S/C22H19N5O3/c1-12-3-5-13(6-4-12)17-16(11-23)20(28)25-19-18(17)21(29)27-22(26-19)24-14-7-9-15(30-2)10-8-14/h3-10,16-17H,1-2H3,(H3,24,25,26,27,28,29)/t16-,17+/m1/s1. The lowest BCUT2D eigenvalue weighted by Crippen LogP contribution is -2.38. The lowest BCUT2D eigenvalue weighted by Gasteiger charge is -2.28. The van der Waals surface area contributed by atoms with E-state index in [2.05, 4.69) is 20.6 Å². The van der Waals surface area contributed by atoms with Crippen molar-refractivity contribution in [3.05, 3.63) is 75.6 Å². The van der Waals surface area contributed by atoms with Gasteiger partial charge < -0.3 is 15.4 Å². The number of aryl methyl sites for hydroxylation is 1. The van der Waals surface area contributed by atoms with Crippen LogP contribution in [0.4, 0.5) is 17.5 Å². The molecule has 3 aromatic rings. The van der Waals surface area contributed by atoms with Gasteiger partial charge in [0.25, 0.3) is 5.56 Å². The number of hydrogen-bond acceptors (Lipinski definition) is 6. The molecule has 0 unspecified atom stereocenters. The van der Waals surface area contributed by atoms with E-state index < -0.39 is 23.3 Å². The minimum absolute atomic E-state index is 0.150. The van der Waals surface area contributed by atoms with Crippen LogP contribution in [-0.4, -0.2) is 23.0 Å². The monoisotopic (exact) mass is 401 g/mol. The van der Waals surface area contributed by atoms with Crippen molar-refractivity contribution in [2.75, 3.05) is 17.7 Å². The molecule has 0 bridgehead atoms. The summed E-state index contributed by atoms with van der Waals surface area (Å²) in [6, 6.07) is 16.6. The molecule has 0 aliphatic carbocycles. The topological polar surface area (TPSA) is 120 Å². The van der Waals surface area contributed by atoms with Gasteiger partial charge in [0.1, 0.15) is 17.5 Å². The Morgan fingerprint density at radius 2 is 1.80 bits per heavy atom. The van der Waals surface area contributed by atoms with Gasteiger partial charge in [-0.15, -0.1) is 0 Å². The Morgan fingerprint density at radius 1 is 1.10 bits per heavy atom. The number of aromatic amines is 1. The van der Waals surface area contributed by atoms with Crippen molar-refractivity contribution in [2.24, 2.45) is 5.92 Å². The number of nitriles is 1. The lowest BCUT2D eigenvalue weighted by molar-refractivity contribution is -0.119. The van der Waals surface area contributed by atoms with Crippen LogP contribution < -0.4 is 20.9 Å². The predicted molar refractivity (Wildman–Crippen MR) is 112 cm³/mol. The van der Waals surface area contributed by atoms with Gasteiger partial charge in [-0.05, 0) is 36.8 Å². The van der Waals surface area contributed by atoms with Gasteiger partial charge in [-0.25, -0.2) is 0 Å². The number of ether oxygens (including phenoxy) is 1. The fourth-order valence-corrected chi connectivity index (χ4v) is 3.52. The zero-order chi connectivity index (χ0) is 21.3. The predicted octanol–water partition coefficient (Wildman–Crippen LogP) is 3.05. The van der Waals surface area contributed by atoms with E-state index in [1.165, 1.54) is 0 Å². The highest BCUT2D eigenvalue weighted by Gasteiger charge is 2.40. The summed E-state index contributed by atoms with van der Waals surface area (Å²) in [5.41, 5.74) is 2.29. The number of carbonyl (C=O) groups excluding carboxylic acids is 1. The minimum Gasteiger partial charge on any atom is -0.497 e. The maximum Gasteiger partial charge on any atom is 0.258 e. The van der Waals surface area contributed by atoms with Crippen molar-refractivity contribution in [1.29, 1.82) is 5.26 Å². The molecule has 8 nitrogen and oxygen atoms in total. The first-order valence-electron chi connectivity index (χ1n) is 9.32. The van der Waals surface area contributed by atoms with E-state index in [9.17, 15) is 14.9 Å². The number of amides is 1. The SMILES string of the molecule is COc1ccc(Nc2nc3c(c(=O)[nH]2)[C@@H](c2ccc(C)cc2)[C@@H](C#N)C(=O)N3)cc1. The van der Waals surface area contributed by atoms with E-state index in [0.717, 1.165) is 5.56 Å². The highest BCUT2D eigenvalue weighted by Crippen LogP contribution is 2.38. The average molecular weight is 401 g/mol. The molecule has 2 heterocycles. The van der Waals surface area contributed by atoms with Gasteiger partial charge in [0, 0.05) is 11.6 Å². The second-order valence-electron chi connectivity index (χ2n) is 7.01. The maximum absolute atomic E-state index is 13.0. The molecule has 1 amide bonds. The molecule has 150 valence electrons. The van der Waals surface area contributed by atoms with Crippen LogP contribution in [0, 0.1) is 24.2 Å². The number of aromatic nitrogens is 2. The molecule has 0 spiro atoms.